The van der Waals surface area contributed by atoms with Crippen LogP contribution in [0, 0.1) is 0 Å². The molecule has 0 fully saturated rings. The Bertz CT molecular complexity index is 888. The van der Waals surface area contributed by atoms with E-state index in [-0.39, 0.29) is 11.7 Å². The minimum absolute atomic E-state index is 0.00483. The van der Waals surface area contributed by atoms with E-state index in [1.807, 2.05) is 12.1 Å². The Labute approximate surface area is 173 Å². The lowest BCUT2D eigenvalue weighted by Crippen LogP contribution is -2.25. The lowest BCUT2D eigenvalue weighted by Gasteiger charge is -2.08. The van der Waals surface area contributed by atoms with Crippen molar-refractivity contribution in [2.24, 2.45) is 0 Å². The van der Waals surface area contributed by atoms with E-state index in [0.717, 1.165) is 17.1 Å². The summed E-state index contributed by atoms with van der Waals surface area (Å²) in [5.41, 5.74) is 1.99. The quantitative estimate of drug-likeness (QED) is 0.558. The van der Waals surface area contributed by atoms with Crippen molar-refractivity contribution in [2.75, 3.05) is 22.8 Å². The van der Waals surface area contributed by atoms with Crippen LogP contribution in [0.15, 0.2) is 42.5 Å². The number of carbonyl (C=O) groups excluding carboxylic acids is 1. The molecular weight excluding hydrogens is 427 g/mol. The van der Waals surface area contributed by atoms with Crippen molar-refractivity contribution < 1.29 is 13.2 Å². The minimum atomic E-state index is -3.32. The van der Waals surface area contributed by atoms with Crippen LogP contribution in [0.5, 0.6) is 0 Å². The zero-order valence-corrected chi connectivity index (χ0v) is 17.8. The van der Waals surface area contributed by atoms with Crippen molar-refractivity contribution in [1.82, 2.24) is 5.32 Å². The first-order valence-electron chi connectivity index (χ1n) is 8.21. The van der Waals surface area contributed by atoms with Crippen molar-refractivity contribution in [3.05, 3.63) is 63.6 Å². The Morgan fingerprint density at radius 3 is 2.41 bits per heavy atom. The molecule has 0 aliphatic rings. The predicted molar refractivity (Wildman–Crippen MR) is 114 cm³/mol. The maximum Gasteiger partial charge on any atom is 0.251 e. The number of rotatable bonds is 9. The van der Waals surface area contributed by atoms with Crippen molar-refractivity contribution in [2.45, 2.75) is 12.7 Å². The second-order valence-corrected chi connectivity index (χ2v) is 9.57. The highest BCUT2D eigenvalue weighted by atomic mass is 35.5. The number of carbonyl (C=O) groups is 1. The molecule has 1 amide bonds. The summed E-state index contributed by atoms with van der Waals surface area (Å²) in [6.45, 7) is 2.08. The van der Waals surface area contributed by atoms with Gasteiger partial charge in [-0.25, -0.2) is 8.42 Å². The molecule has 5 nitrogen and oxygen atoms in total. The number of sulfonamides is 1. The molecule has 146 valence electrons. The van der Waals surface area contributed by atoms with Gasteiger partial charge in [0.2, 0.25) is 10.0 Å². The summed E-state index contributed by atoms with van der Waals surface area (Å²) >= 11 is 13.5. The van der Waals surface area contributed by atoms with Gasteiger partial charge in [0.05, 0.1) is 15.8 Å². The fourth-order valence-corrected chi connectivity index (χ4v) is 3.87. The molecule has 27 heavy (non-hydrogen) atoms. The summed E-state index contributed by atoms with van der Waals surface area (Å²) in [6, 6.07) is 11.9. The van der Waals surface area contributed by atoms with E-state index >= 15 is 0 Å². The first-order valence-corrected chi connectivity index (χ1v) is 11.8. The van der Waals surface area contributed by atoms with Crippen LogP contribution in [0.25, 0.3) is 0 Å². The van der Waals surface area contributed by atoms with Crippen molar-refractivity contribution in [3.63, 3.8) is 0 Å². The highest BCUT2D eigenvalue weighted by Gasteiger charge is 2.08. The summed E-state index contributed by atoms with van der Waals surface area (Å²) in [7, 11) is -3.32. The molecule has 0 radical (unpaired) electrons. The number of anilines is 1. The molecule has 9 heteroatoms. The Balaban J connectivity index is 1.74. The van der Waals surface area contributed by atoms with Crippen LogP contribution >= 0.6 is 35.0 Å². The second-order valence-electron chi connectivity index (χ2n) is 5.64. The summed E-state index contributed by atoms with van der Waals surface area (Å²) < 4.78 is 25.5. The summed E-state index contributed by atoms with van der Waals surface area (Å²) in [5.74, 6) is 1.32. The molecule has 0 aliphatic carbocycles. The first kappa shape index (κ1) is 21.9. The number of hydrogen-bond acceptors (Lipinski definition) is 4. The van der Waals surface area contributed by atoms with Gasteiger partial charge in [-0.3, -0.25) is 9.52 Å². The topological polar surface area (TPSA) is 75.3 Å². The summed E-state index contributed by atoms with van der Waals surface area (Å²) in [4.78, 5) is 12.1. The summed E-state index contributed by atoms with van der Waals surface area (Å²) in [6.07, 6.45) is 0. The van der Waals surface area contributed by atoms with E-state index in [0.29, 0.717) is 27.8 Å². The molecule has 0 saturated carbocycles. The van der Waals surface area contributed by atoms with Crippen molar-refractivity contribution in [1.29, 1.82) is 0 Å². The molecule has 2 aromatic rings. The lowest BCUT2D eigenvalue weighted by atomic mass is 10.2. The van der Waals surface area contributed by atoms with Crippen LogP contribution in [0.4, 0.5) is 5.69 Å². The molecule has 0 aromatic heterocycles. The third-order valence-corrected chi connectivity index (χ3v) is 6.66. The zero-order valence-electron chi connectivity index (χ0n) is 14.7. The van der Waals surface area contributed by atoms with Gasteiger partial charge >= 0.3 is 0 Å². The molecule has 0 saturated heterocycles. The Morgan fingerprint density at radius 1 is 1.07 bits per heavy atom. The number of hydrogen-bond donors (Lipinski definition) is 2. The van der Waals surface area contributed by atoms with Gasteiger partial charge in [0.15, 0.2) is 0 Å². The van der Waals surface area contributed by atoms with Gasteiger partial charge in [-0.15, -0.1) is 0 Å². The number of benzene rings is 2. The van der Waals surface area contributed by atoms with Crippen molar-refractivity contribution >= 4 is 56.6 Å². The Kier molecular flexibility index (Phi) is 8.28. The van der Waals surface area contributed by atoms with Crippen molar-refractivity contribution in [3.8, 4) is 0 Å². The molecule has 2 N–H and O–H groups in total. The smallest absolute Gasteiger partial charge is 0.251 e. The van der Waals surface area contributed by atoms with Crippen LogP contribution in [0.2, 0.25) is 10.0 Å². The molecule has 2 aromatic carbocycles. The third-order valence-electron chi connectivity index (χ3n) is 3.59. The fourth-order valence-electron chi connectivity index (χ4n) is 2.10. The molecule has 0 heterocycles. The number of halogens is 2. The number of amides is 1. The highest BCUT2D eigenvalue weighted by molar-refractivity contribution is 7.98. The lowest BCUT2D eigenvalue weighted by molar-refractivity contribution is 0.0956. The Morgan fingerprint density at radius 2 is 1.78 bits per heavy atom. The van der Waals surface area contributed by atoms with E-state index in [4.69, 9.17) is 23.2 Å². The van der Waals surface area contributed by atoms with E-state index in [1.54, 1.807) is 49.0 Å². The van der Waals surface area contributed by atoms with Crippen LogP contribution in [-0.4, -0.2) is 32.4 Å². The van der Waals surface area contributed by atoms with Gasteiger partial charge in [-0.1, -0.05) is 29.3 Å². The van der Waals surface area contributed by atoms with E-state index in [2.05, 4.69) is 10.0 Å². The maximum atomic E-state index is 12.1. The SMILES string of the molecule is CCS(=O)(=O)Nc1ccc(C(=O)NCCSCc2ccc(Cl)c(Cl)c2)cc1. The number of thioether (sulfide) groups is 1. The monoisotopic (exact) mass is 446 g/mol. The van der Waals surface area contributed by atoms with Gasteiger partial charge in [-0.05, 0) is 48.9 Å². The molecule has 0 unspecified atom stereocenters. The van der Waals surface area contributed by atoms with Gasteiger partial charge in [0.25, 0.3) is 5.91 Å². The van der Waals surface area contributed by atoms with Crippen LogP contribution < -0.4 is 10.0 Å². The fraction of sp³-hybridized carbons (Fsp3) is 0.278. The molecular formula is C18H20Cl2N2O3S2. The van der Waals surface area contributed by atoms with Gasteiger partial charge < -0.3 is 5.32 Å². The van der Waals surface area contributed by atoms with E-state index in [9.17, 15) is 13.2 Å². The zero-order chi connectivity index (χ0) is 19.9. The molecule has 0 aliphatic heterocycles. The van der Waals surface area contributed by atoms with Gasteiger partial charge in [0.1, 0.15) is 0 Å². The molecule has 0 atom stereocenters. The second kappa shape index (κ2) is 10.2. The van der Waals surface area contributed by atoms with Crippen LogP contribution in [0.1, 0.15) is 22.8 Å². The van der Waals surface area contributed by atoms with Crippen LogP contribution in [0.3, 0.4) is 0 Å². The van der Waals surface area contributed by atoms with Gasteiger partial charge in [-0.2, -0.15) is 11.8 Å². The first-order chi connectivity index (χ1) is 12.8. The largest absolute Gasteiger partial charge is 0.351 e. The van der Waals surface area contributed by atoms with E-state index < -0.39 is 10.0 Å². The average molecular weight is 447 g/mol. The minimum Gasteiger partial charge on any atom is -0.351 e. The summed E-state index contributed by atoms with van der Waals surface area (Å²) in [5, 5.41) is 3.91. The molecule has 0 bridgehead atoms. The molecule has 2 rings (SSSR count). The standard InChI is InChI=1S/C18H20Cl2N2O3S2/c1-2-27(24,25)22-15-6-4-14(5-7-15)18(23)21-9-10-26-12-13-3-8-16(19)17(20)11-13/h3-8,11,22H,2,9-10,12H2,1H3,(H,21,23). The average Bonchev–Trinajstić information content (AvgIpc) is 2.64. The predicted octanol–water partition coefficient (Wildman–Crippen LogP) is 4.42. The number of nitrogens with one attached hydrogen (secondary N) is 2. The van der Waals surface area contributed by atoms with Gasteiger partial charge in [0, 0.05) is 29.3 Å². The van der Waals surface area contributed by atoms with E-state index in [1.165, 1.54) is 0 Å². The third kappa shape index (κ3) is 7.25. The normalized spacial score (nSPS) is 11.2. The maximum absolute atomic E-state index is 12.1. The highest BCUT2D eigenvalue weighted by Crippen LogP contribution is 2.24. The van der Waals surface area contributed by atoms with Crippen LogP contribution in [-0.2, 0) is 15.8 Å². The molecule has 0 spiro atoms. The Hall–Kier alpha value is -1.41.